The van der Waals surface area contributed by atoms with Crippen molar-refractivity contribution >= 4 is 17.5 Å². The number of anilines is 1. The molecule has 138 valence electrons. The minimum Gasteiger partial charge on any atom is -0.493 e. The molecule has 0 radical (unpaired) electrons. The molecule has 0 aliphatic rings. The van der Waals surface area contributed by atoms with Gasteiger partial charge in [0.05, 0.1) is 6.61 Å². The van der Waals surface area contributed by atoms with Crippen molar-refractivity contribution in [1.29, 1.82) is 0 Å². The van der Waals surface area contributed by atoms with Crippen LogP contribution in [-0.2, 0) is 4.79 Å². The molecular weight excluding hydrogens is 328 g/mol. The quantitative estimate of drug-likeness (QED) is 0.708. The Labute approximate surface area is 154 Å². The molecule has 2 N–H and O–H groups in total. The van der Waals surface area contributed by atoms with E-state index in [1.54, 1.807) is 31.3 Å². The van der Waals surface area contributed by atoms with Gasteiger partial charge in [0.15, 0.2) is 0 Å². The van der Waals surface area contributed by atoms with Crippen LogP contribution in [0.2, 0.25) is 0 Å². The van der Waals surface area contributed by atoms with Crippen LogP contribution in [0.1, 0.15) is 40.7 Å². The molecule has 0 aliphatic carbocycles. The number of nitrogens with one attached hydrogen (secondary N) is 2. The van der Waals surface area contributed by atoms with Gasteiger partial charge in [-0.25, -0.2) is 0 Å². The van der Waals surface area contributed by atoms with Crippen molar-refractivity contribution in [2.24, 2.45) is 0 Å². The summed E-state index contributed by atoms with van der Waals surface area (Å²) in [7, 11) is 1.59. The molecule has 0 fully saturated rings. The normalized spacial score (nSPS) is 10.3. The van der Waals surface area contributed by atoms with E-state index < -0.39 is 0 Å². The lowest BCUT2D eigenvalue weighted by molar-refractivity contribution is -0.116. The average molecular weight is 354 g/mol. The number of benzene rings is 2. The van der Waals surface area contributed by atoms with Crippen LogP contribution >= 0.6 is 0 Å². The van der Waals surface area contributed by atoms with Gasteiger partial charge in [-0.15, -0.1) is 0 Å². The standard InChI is InChI=1S/C21H26N2O3/c1-15-7-8-16(2)19(14-15)26-13-5-4-6-20(24)23-18-11-9-17(10-12-18)21(25)22-3/h7-12,14H,4-6,13H2,1-3H3,(H,22,25)(H,23,24). The molecule has 2 amide bonds. The summed E-state index contributed by atoms with van der Waals surface area (Å²) >= 11 is 0. The monoisotopic (exact) mass is 354 g/mol. The number of rotatable bonds is 8. The first kappa shape index (κ1) is 19.5. The molecule has 0 saturated heterocycles. The van der Waals surface area contributed by atoms with Gasteiger partial charge in [0.2, 0.25) is 5.91 Å². The van der Waals surface area contributed by atoms with E-state index in [9.17, 15) is 9.59 Å². The molecule has 5 heteroatoms. The van der Waals surface area contributed by atoms with E-state index in [1.807, 2.05) is 26.0 Å². The average Bonchev–Trinajstić information content (AvgIpc) is 2.64. The predicted molar refractivity (Wildman–Crippen MR) is 104 cm³/mol. The summed E-state index contributed by atoms with van der Waals surface area (Å²) in [6.45, 7) is 4.66. The number of hydrogen-bond donors (Lipinski definition) is 2. The van der Waals surface area contributed by atoms with E-state index in [4.69, 9.17) is 4.74 Å². The summed E-state index contributed by atoms with van der Waals surface area (Å²) in [5.74, 6) is 0.724. The fourth-order valence-corrected chi connectivity index (χ4v) is 2.51. The van der Waals surface area contributed by atoms with Crippen LogP contribution in [0.15, 0.2) is 42.5 Å². The van der Waals surface area contributed by atoms with Crippen LogP contribution in [0.5, 0.6) is 5.75 Å². The van der Waals surface area contributed by atoms with E-state index in [0.29, 0.717) is 24.3 Å². The third-order valence-electron chi connectivity index (χ3n) is 4.06. The first-order chi connectivity index (χ1) is 12.5. The largest absolute Gasteiger partial charge is 0.493 e. The van der Waals surface area contributed by atoms with Crippen LogP contribution in [0.4, 0.5) is 5.69 Å². The van der Waals surface area contributed by atoms with Crippen molar-refractivity contribution < 1.29 is 14.3 Å². The van der Waals surface area contributed by atoms with Crippen molar-refractivity contribution in [3.63, 3.8) is 0 Å². The summed E-state index contributed by atoms with van der Waals surface area (Å²) in [6.07, 6.45) is 2.01. The van der Waals surface area contributed by atoms with Crippen LogP contribution < -0.4 is 15.4 Å². The molecule has 0 aliphatic heterocycles. The van der Waals surface area contributed by atoms with Crippen LogP contribution in [-0.4, -0.2) is 25.5 Å². The first-order valence-electron chi connectivity index (χ1n) is 8.81. The van der Waals surface area contributed by atoms with Crippen molar-refractivity contribution in [3.05, 3.63) is 59.2 Å². The smallest absolute Gasteiger partial charge is 0.251 e. The van der Waals surface area contributed by atoms with Gasteiger partial charge >= 0.3 is 0 Å². The highest BCUT2D eigenvalue weighted by Gasteiger charge is 2.06. The molecule has 2 aromatic carbocycles. The number of carbonyl (C=O) groups is 2. The van der Waals surface area contributed by atoms with E-state index in [1.165, 1.54) is 5.56 Å². The second kappa shape index (κ2) is 9.61. The first-order valence-corrected chi connectivity index (χ1v) is 8.81. The Hall–Kier alpha value is -2.82. The van der Waals surface area contributed by atoms with Crippen molar-refractivity contribution in [2.75, 3.05) is 19.0 Å². The van der Waals surface area contributed by atoms with Gasteiger partial charge in [0, 0.05) is 24.7 Å². The van der Waals surface area contributed by atoms with Gasteiger partial charge in [-0.05, 0) is 68.1 Å². The molecule has 0 spiro atoms. The maximum Gasteiger partial charge on any atom is 0.251 e. The Morgan fingerprint density at radius 2 is 1.73 bits per heavy atom. The Morgan fingerprint density at radius 1 is 1.00 bits per heavy atom. The lowest BCUT2D eigenvalue weighted by atomic mass is 10.1. The van der Waals surface area contributed by atoms with Gasteiger partial charge in [-0.2, -0.15) is 0 Å². The number of hydrogen-bond acceptors (Lipinski definition) is 3. The Kier molecular flexibility index (Phi) is 7.21. The predicted octanol–water partition coefficient (Wildman–Crippen LogP) is 3.85. The summed E-state index contributed by atoms with van der Waals surface area (Å²) in [4.78, 5) is 23.5. The molecule has 0 unspecified atom stereocenters. The minimum absolute atomic E-state index is 0.0376. The molecule has 26 heavy (non-hydrogen) atoms. The molecule has 0 saturated carbocycles. The zero-order valence-corrected chi connectivity index (χ0v) is 15.6. The summed E-state index contributed by atoms with van der Waals surface area (Å²) in [5.41, 5.74) is 3.55. The van der Waals surface area contributed by atoms with Gasteiger partial charge in [0.1, 0.15) is 5.75 Å². The van der Waals surface area contributed by atoms with Crippen molar-refractivity contribution in [3.8, 4) is 5.75 Å². The SMILES string of the molecule is CNC(=O)c1ccc(NC(=O)CCCCOc2cc(C)ccc2C)cc1. The fourth-order valence-electron chi connectivity index (χ4n) is 2.51. The van der Waals surface area contributed by atoms with E-state index in [2.05, 4.69) is 16.7 Å². The maximum atomic E-state index is 12.0. The minimum atomic E-state index is -0.147. The number of unbranched alkanes of at least 4 members (excludes halogenated alkanes) is 1. The lowest BCUT2D eigenvalue weighted by Crippen LogP contribution is -2.17. The van der Waals surface area contributed by atoms with Crippen LogP contribution in [0, 0.1) is 13.8 Å². The maximum absolute atomic E-state index is 12.0. The molecule has 5 nitrogen and oxygen atoms in total. The Bertz CT molecular complexity index is 754. The molecule has 2 aromatic rings. The summed E-state index contributed by atoms with van der Waals surface area (Å²) < 4.78 is 5.79. The summed E-state index contributed by atoms with van der Waals surface area (Å²) in [5, 5.41) is 5.40. The molecular formula is C21H26N2O3. The highest BCUT2D eigenvalue weighted by Crippen LogP contribution is 2.19. The summed E-state index contributed by atoms with van der Waals surface area (Å²) in [6, 6.07) is 13.0. The third kappa shape index (κ3) is 5.92. The molecule has 0 bridgehead atoms. The van der Waals surface area contributed by atoms with Gasteiger partial charge in [-0.1, -0.05) is 12.1 Å². The number of amides is 2. The van der Waals surface area contributed by atoms with Crippen molar-refractivity contribution in [2.45, 2.75) is 33.1 Å². The Morgan fingerprint density at radius 3 is 2.42 bits per heavy atom. The highest BCUT2D eigenvalue weighted by molar-refractivity contribution is 5.95. The second-order valence-corrected chi connectivity index (χ2v) is 6.28. The van der Waals surface area contributed by atoms with E-state index >= 15 is 0 Å². The van der Waals surface area contributed by atoms with E-state index in [-0.39, 0.29) is 11.8 Å². The zero-order valence-electron chi connectivity index (χ0n) is 15.6. The van der Waals surface area contributed by atoms with Crippen LogP contribution in [0.25, 0.3) is 0 Å². The molecule has 2 rings (SSSR count). The number of aryl methyl sites for hydroxylation is 2. The second-order valence-electron chi connectivity index (χ2n) is 6.28. The fraction of sp³-hybridized carbons (Fsp3) is 0.333. The zero-order chi connectivity index (χ0) is 18.9. The van der Waals surface area contributed by atoms with E-state index in [0.717, 1.165) is 24.2 Å². The highest BCUT2D eigenvalue weighted by atomic mass is 16.5. The topological polar surface area (TPSA) is 67.4 Å². The van der Waals surface area contributed by atoms with Gasteiger partial charge < -0.3 is 15.4 Å². The molecule has 0 atom stereocenters. The van der Waals surface area contributed by atoms with Crippen molar-refractivity contribution in [1.82, 2.24) is 5.32 Å². The van der Waals surface area contributed by atoms with Gasteiger partial charge in [-0.3, -0.25) is 9.59 Å². The number of carbonyl (C=O) groups excluding carboxylic acids is 2. The van der Waals surface area contributed by atoms with Gasteiger partial charge in [0.25, 0.3) is 5.91 Å². The Balaban J connectivity index is 1.69. The molecule has 0 heterocycles. The lowest BCUT2D eigenvalue weighted by Gasteiger charge is -2.10. The molecule has 0 aromatic heterocycles. The number of ether oxygens (including phenoxy) is 1. The van der Waals surface area contributed by atoms with Crippen LogP contribution in [0.3, 0.4) is 0 Å². The third-order valence-corrected chi connectivity index (χ3v) is 4.06.